The summed E-state index contributed by atoms with van der Waals surface area (Å²) in [4.78, 5) is 20.6. The molecule has 0 saturated carbocycles. The van der Waals surface area contributed by atoms with Gasteiger partial charge in [-0.1, -0.05) is 6.42 Å². The highest BCUT2D eigenvalue weighted by Gasteiger charge is 1.97. The molecule has 0 atom stereocenters. The van der Waals surface area contributed by atoms with Gasteiger partial charge in [0.05, 0.1) is 0 Å². The number of terminal acetylenes is 1. The molecule has 0 aromatic heterocycles. The van der Waals surface area contributed by atoms with E-state index in [1.807, 2.05) is 5.92 Å². The SMILES string of the molecule is C#CC(=O)NCCCCCC(=O)O. The number of hydrogen-bond donors (Lipinski definition) is 2. The van der Waals surface area contributed by atoms with Gasteiger partial charge in [-0.05, 0) is 18.8 Å². The van der Waals surface area contributed by atoms with Gasteiger partial charge in [-0.15, -0.1) is 6.42 Å². The zero-order valence-electron chi connectivity index (χ0n) is 7.38. The van der Waals surface area contributed by atoms with Crippen LogP contribution in [0.5, 0.6) is 0 Å². The Morgan fingerprint density at radius 2 is 2.00 bits per heavy atom. The summed E-state index contributed by atoms with van der Waals surface area (Å²) < 4.78 is 0. The number of carboxylic acid groups (broad SMARTS) is 1. The molecule has 0 rings (SSSR count). The van der Waals surface area contributed by atoms with Crippen LogP contribution in [0, 0.1) is 12.3 Å². The van der Waals surface area contributed by atoms with Crippen LogP contribution in [-0.4, -0.2) is 23.5 Å². The van der Waals surface area contributed by atoms with Crippen LogP contribution in [0.15, 0.2) is 0 Å². The monoisotopic (exact) mass is 183 g/mol. The van der Waals surface area contributed by atoms with Crippen molar-refractivity contribution in [1.82, 2.24) is 5.32 Å². The number of amides is 1. The Labute approximate surface area is 77.3 Å². The summed E-state index contributed by atoms with van der Waals surface area (Å²) in [5, 5.41) is 10.8. The molecular weight excluding hydrogens is 170 g/mol. The van der Waals surface area contributed by atoms with E-state index in [2.05, 4.69) is 5.32 Å². The number of aliphatic carboxylic acids is 1. The second-order valence-corrected chi connectivity index (χ2v) is 2.60. The Morgan fingerprint density at radius 1 is 1.31 bits per heavy atom. The molecule has 1 amide bonds. The van der Waals surface area contributed by atoms with Gasteiger partial charge in [0.1, 0.15) is 0 Å². The van der Waals surface area contributed by atoms with Crippen LogP contribution in [0.1, 0.15) is 25.7 Å². The van der Waals surface area contributed by atoms with Crippen LogP contribution in [0.2, 0.25) is 0 Å². The standard InChI is InChI=1S/C9H13NO3/c1-2-8(11)10-7-5-3-4-6-9(12)13/h1H,3-7H2,(H,10,11)(H,12,13). The molecule has 2 N–H and O–H groups in total. The number of carboxylic acids is 1. The number of rotatable bonds is 6. The largest absolute Gasteiger partial charge is 0.481 e. The van der Waals surface area contributed by atoms with Gasteiger partial charge in [-0.25, -0.2) is 0 Å². The van der Waals surface area contributed by atoms with Gasteiger partial charge in [-0.3, -0.25) is 9.59 Å². The number of nitrogens with one attached hydrogen (secondary N) is 1. The van der Waals surface area contributed by atoms with Crippen LogP contribution in [0.4, 0.5) is 0 Å². The van der Waals surface area contributed by atoms with E-state index in [9.17, 15) is 9.59 Å². The Balaban J connectivity index is 3.14. The Bertz CT molecular complexity index is 217. The molecule has 0 heterocycles. The van der Waals surface area contributed by atoms with E-state index in [0.29, 0.717) is 13.0 Å². The van der Waals surface area contributed by atoms with E-state index in [4.69, 9.17) is 11.5 Å². The lowest BCUT2D eigenvalue weighted by Crippen LogP contribution is -2.22. The summed E-state index contributed by atoms with van der Waals surface area (Å²) in [6.45, 7) is 0.517. The second kappa shape index (κ2) is 7.17. The minimum atomic E-state index is -0.785. The first-order chi connectivity index (χ1) is 6.16. The van der Waals surface area contributed by atoms with Gasteiger partial charge < -0.3 is 10.4 Å². The summed E-state index contributed by atoms with van der Waals surface area (Å²) in [5.74, 6) is 0.727. The number of carbonyl (C=O) groups excluding carboxylic acids is 1. The lowest BCUT2D eigenvalue weighted by molar-refractivity contribution is -0.137. The van der Waals surface area contributed by atoms with Crippen LogP contribution in [-0.2, 0) is 9.59 Å². The van der Waals surface area contributed by atoms with Crippen molar-refractivity contribution in [3.63, 3.8) is 0 Å². The van der Waals surface area contributed by atoms with Gasteiger partial charge in [0.2, 0.25) is 0 Å². The van der Waals surface area contributed by atoms with Gasteiger partial charge >= 0.3 is 5.97 Å². The molecule has 0 aromatic carbocycles. The molecule has 13 heavy (non-hydrogen) atoms. The van der Waals surface area contributed by atoms with E-state index in [-0.39, 0.29) is 6.42 Å². The smallest absolute Gasteiger partial charge is 0.303 e. The fourth-order valence-corrected chi connectivity index (χ4v) is 0.831. The van der Waals surface area contributed by atoms with E-state index < -0.39 is 11.9 Å². The Kier molecular flexibility index (Phi) is 6.34. The zero-order chi connectivity index (χ0) is 10.1. The quantitative estimate of drug-likeness (QED) is 0.462. The van der Waals surface area contributed by atoms with Crippen molar-refractivity contribution in [2.45, 2.75) is 25.7 Å². The fraction of sp³-hybridized carbons (Fsp3) is 0.556. The van der Waals surface area contributed by atoms with Gasteiger partial charge in [0.15, 0.2) is 0 Å². The highest BCUT2D eigenvalue weighted by Crippen LogP contribution is 1.98. The predicted molar refractivity (Wildman–Crippen MR) is 47.9 cm³/mol. The van der Waals surface area contributed by atoms with E-state index in [0.717, 1.165) is 12.8 Å². The summed E-state index contributed by atoms with van der Waals surface area (Å²) in [7, 11) is 0. The average molecular weight is 183 g/mol. The molecule has 0 bridgehead atoms. The molecule has 72 valence electrons. The van der Waals surface area contributed by atoms with Gasteiger partial charge in [0, 0.05) is 13.0 Å². The predicted octanol–water partition coefficient (Wildman–Crippen LogP) is 0.381. The first kappa shape index (κ1) is 11.5. The summed E-state index contributed by atoms with van der Waals surface area (Å²) >= 11 is 0. The maximum atomic E-state index is 10.5. The topological polar surface area (TPSA) is 66.4 Å². The van der Waals surface area contributed by atoms with Crippen LogP contribution in [0.25, 0.3) is 0 Å². The van der Waals surface area contributed by atoms with E-state index in [1.165, 1.54) is 0 Å². The molecule has 0 spiro atoms. The number of unbranched alkanes of at least 4 members (excludes halogenated alkanes) is 2. The molecule has 4 heteroatoms. The molecule has 0 unspecified atom stereocenters. The summed E-state index contributed by atoms with van der Waals surface area (Å²) in [6, 6.07) is 0. The normalized spacial score (nSPS) is 8.85. The minimum absolute atomic E-state index is 0.184. The maximum Gasteiger partial charge on any atom is 0.303 e. The molecule has 0 aromatic rings. The van der Waals surface area contributed by atoms with Crippen molar-refractivity contribution in [1.29, 1.82) is 0 Å². The second-order valence-electron chi connectivity index (χ2n) is 2.60. The third kappa shape index (κ3) is 8.41. The minimum Gasteiger partial charge on any atom is -0.481 e. The van der Waals surface area contributed by atoms with Crippen LogP contribution < -0.4 is 5.32 Å². The maximum absolute atomic E-state index is 10.5. The van der Waals surface area contributed by atoms with Crippen molar-refractivity contribution in [3.05, 3.63) is 0 Å². The molecule has 0 aliphatic carbocycles. The highest BCUT2D eigenvalue weighted by atomic mass is 16.4. The van der Waals surface area contributed by atoms with Gasteiger partial charge in [0.25, 0.3) is 5.91 Å². The zero-order valence-corrected chi connectivity index (χ0v) is 7.38. The first-order valence-corrected chi connectivity index (χ1v) is 4.13. The summed E-state index contributed by atoms with van der Waals surface area (Å²) in [6.07, 6.45) is 7.19. The average Bonchev–Trinajstić information content (AvgIpc) is 2.10. The third-order valence-corrected chi connectivity index (χ3v) is 1.48. The first-order valence-electron chi connectivity index (χ1n) is 4.13. The van der Waals surface area contributed by atoms with Crippen molar-refractivity contribution < 1.29 is 14.7 Å². The number of hydrogen-bond acceptors (Lipinski definition) is 2. The van der Waals surface area contributed by atoms with E-state index in [1.54, 1.807) is 0 Å². The van der Waals surface area contributed by atoms with Crippen molar-refractivity contribution >= 4 is 11.9 Å². The molecule has 4 nitrogen and oxygen atoms in total. The summed E-state index contributed by atoms with van der Waals surface area (Å²) in [5.41, 5.74) is 0. The molecule has 0 aliphatic rings. The molecular formula is C9H13NO3. The lowest BCUT2D eigenvalue weighted by atomic mass is 10.2. The third-order valence-electron chi connectivity index (χ3n) is 1.48. The molecule has 0 saturated heterocycles. The molecule has 0 radical (unpaired) electrons. The Hall–Kier alpha value is -1.50. The molecule has 0 fully saturated rings. The number of carbonyl (C=O) groups is 2. The van der Waals surface area contributed by atoms with E-state index >= 15 is 0 Å². The van der Waals surface area contributed by atoms with Crippen molar-refractivity contribution in [3.8, 4) is 12.3 Å². The molecule has 0 aliphatic heterocycles. The van der Waals surface area contributed by atoms with Crippen LogP contribution >= 0.6 is 0 Å². The van der Waals surface area contributed by atoms with Crippen molar-refractivity contribution in [2.24, 2.45) is 0 Å². The Morgan fingerprint density at radius 3 is 2.54 bits per heavy atom. The van der Waals surface area contributed by atoms with Gasteiger partial charge in [-0.2, -0.15) is 0 Å². The fourth-order valence-electron chi connectivity index (χ4n) is 0.831. The highest BCUT2D eigenvalue weighted by molar-refractivity contribution is 5.92. The van der Waals surface area contributed by atoms with Crippen LogP contribution in [0.3, 0.4) is 0 Å². The lowest BCUT2D eigenvalue weighted by Gasteiger charge is -1.99. The van der Waals surface area contributed by atoms with Crippen molar-refractivity contribution in [2.75, 3.05) is 6.54 Å².